The Kier molecular flexibility index (Phi) is 3.22. The highest BCUT2D eigenvalue weighted by atomic mass is 16.1. The summed E-state index contributed by atoms with van der Waals surface area (Å²) in [7, 11) is 0. The zero-order chi connectivity index (χ0) is 17.0. The van der Waals surface area contributed by atoms with E-state index in [0.29, 0.717) is 5.56 Å². The second kappa shape index (κ2) is 4.70. The molecule has 4 nitrogen and oxygen atoms in total. The van der Waals surface area contributed by atoms with Crippen molar-refractivity contribution in [2.75, 3.05) is 5.32 Å². The molecule has 1 heterocycles. The Morgan fingerprint density at radius 2 is 1.78 bits per heavy atom. The van der Waals surface area contributed by atoms with Gasteiger partial charge in [-0.25, -0.2) is 0 Å². The molecular weight excluding hydrogens is 286 g/mol. The molecule has 0 unspecified atom stereocenters. The first-order valence-electron chi connectivity index (χ1n) is 8.05. The Balaban J connectivity index is 2.11. The van der Waals surface area contributed by atoms with E-state index >= 15 is 0 Å². The molecule has 0 saturated carbocycles. The summed E-state index contributed by atoms with van der Waals surface area (Å²) in [5.74, 6) is -0.134. The molecule has 0 bridgehead atoms. The van der Waals surface area contributed by atoms with Crippen LogP contribution in [-0.4, -0.2) is 16.1 Å². The second-order valence-electron chi connectivity index (χ2n) is 8.04. The van der Waals surface area contributed by atoms with Crippen LogP contribution in [0.3, 0.4) is 0 Å². The number of H-pyrrole nitrogens is 1. The number of nitrogens with zero attached hydrogens (tertiary/aromatic N) is 1. The SMILES string of the molecule is CC1(C)c2cccc(NC(=O)c3cn[nH]c3)c2C(C)(C)C1(C)C. The van der Waals surface area contributed by atoms with Gasteiger partial charge in [-0.15, -0.1) is 0 Å². The Labute approximate surface area is 137 Å². The van der Waals surface area contributed by atoms with E-state index in [-0.39, 0.29) is 22.2 Å². The number of hydrogen-bond acceptors (Lipinski definition) is 2. The summed E-state index contributed by atoms with van der Waals surface area (Å²) in [5.41, 5.74) is 4.05. The standard InChI is InChI=1S/C19H25N3O/c1-17(2)13-8-7-9-14(15(13)18(3,4)19(17,5)6)22-16(23)12-10-20-21-11-12/h7-11H,1-6H3,(H,20,21)(H,22,23). The number of nitrogens with one attached hydrogen (secondary N) is 2. The number of benzene rings is 1. The third-order valence-corrected chi connectivity index (χ3v) is 6.50. The highest BCUT2D eigenvalue weighted by Crippen LogP contribution is 2.62. The molecular formula is C19H25N3O. The lowest BCUT2D eigenvalue weighted by molar-refractivity contribution is 0.102. The van der Waals surface area contributed by atoms with Crippen molar-refractivity contribution in [3.05, 3.63) is 47.3 Å². The molecule has 0 spiro atoms. The van der Waals surface area contributed by atoms with Gasteiger partial charge in [-0.2, -0.15) is 5.10 Å². The number of anilines is 1. The van der Waals surface area contributed by atoms with Crippen molar-refractivity contribution >= 4 is 11.6 Å². The topological polar surface area (TPSA) is 57.8 Å². The molecule has 1 aromatic carbocycles. The summed E-state index contributed by atoms with van der Waals surface area (Å²) in [4.78, 5) is 12.4. The van der Waals surface area contributed by atoms with E-state index in [4.69, 9.17) is 0 Å². The maximum absolute atomic E-state index is 12.4. The molecule has 23 heavy (non-hydrogen) atoms. The maximum Gasteiger partial charge on any atom is 0.258 e. The van der Waals surface area contributed by atoms with Crippen molar-refractivity contribution in [1.82, 2.24) is 10.2 Å². The Morgan fingerprint density at radius 3 is 2.39 bits per heavy atom. The van der Waals surface area contributed by atoms with Crippen LogP contribution in [-0.2, 0) is 10.8 Å². The first-order valence-corrected chi connectivity index (χ1v) is 8.05. The van der Waals surface area contributed by atoms with E-state index in [9.17, 15) is 4.79 Å². The van der Waals surface area contributed by atoms with Crippen molar-refractivity contribution in [3.63, 3.8) is 0 Å². The third-order valence-electron chi connectivity index (χ3n) is 6.50. The first kappa shape index (κ1) is 15.8. The number of fused-ring (bicyclic) bond motifs is 1. The summed E-state index contributed by atoms with van der Waals surface area (Å²) in [5, 5.41) is 9.60. The van der Waals surface area contributed by atoms with Crippen molar-refractivity contribution in [1.29, 1.82) is 0 Å². The Bertz CT molecular complexity index is 755. The van der Waals surface area contributed by atoms with Crippen LogP contribution in [0.15, 0.2) is 30.6 Å². The van der Waals surface area contributed by atoms with Gasteiger partial charge in [-0.3, -0.25) is 9.89 Å². The Hall–Kier alpha value is -2.10. The summed E-state index contributed by atoms with van der Waals surface area (Å²) in [6.07, 6.45) is 3.15. The first-order chi connectivity index (χ1) is 10.6. The van der Waals surface area contributed by atoms with Gasteiger partial charge in [0.1, 0.15) is 0 Å². The van der Waals surface area contributed by atoms with E-state index in [2.05, 4.69) is 63.1 Å². The van der Waals surface area contributed by atoms with Crippen LogP contribution in [0.4, 0.5) is 5.69 Å². The number of amides is 1. The lowest BCUT2D eigenvalue weighted by atomic mass is 9.59. The fourth-order valence-electron chi connectivity index (χ4n) is 3.85. The van der Waals surface area contributed by atoms with E-state index in [1.807, 2.05) is 12.1 Å². The smallest absolute Gasteiger partial charge is 0.258 e. The molecule has 3 rings (SSSR count). The quantitative estimate of drug-likeness (QED) is 0.870. The highest BCUT2D eigenvalue weighted by Gasteiger charge is 2.57. The van der Waals surface area contributed by atoms with Crippen molar-refractivity contribution in [2.24, 2.45) is 5.41 Å². The van der Waals surface area contributed by atoms with Crippen LogP contribution >= 0.6 is 0 Å². The lowest BCUT2D eigenvalue weighted by Crippen LogP contribution is -2.42. The van der Waals surface area contributed by atoms with E-state index in [0.717, 1.165) is 5.69 Å². The summed E-state index contributed by atoms with van der Waals surface area (Å²) in [6.45, 7) is 13.8. The second-order valence-corrected chi connectivity index (χ2v) is 8.04. The van der Waals surface area contributed by atoms with Crippen LogP contribution < -0.4 is 5.32 Å². The minimum Gasteiger partial charge on any atom is -0.322 e. The number of carbonyl (C=O) groups is 1. The molecule has 1 aliphatic carbocycles. The number of rotatable bonds is 2. The third kappa shape index (κ3) is 1.97. The van der Waals surface area contributed by atoms with Gasteiger partial charge >= 0.3 is 0 Å². The predicted octanol–water partition coefficient (Wildman–Crippen LogP) is 4.26. The van der Waals surface area contributed by atoms with Crippen molar-refractivity contribution in [2.45, 2.75) is 52.4 Å². The maximum atomic E-state index is 12.4. The highest BCUT2D eigenvalue weighted by molar-refractivity contribution is 6.04. The largest absolute Gasteiger partial charge is 0.322 e. The van der Waals surface area contributed by atoms with Gasteiger partial charge in [0, 0.05) is 11.9 Å². The molecule has 0 radical (unpaired) electrons. The fraction of sp³-hybridized carbons (Fsp3) is 0.474. The minimum atomic E-state index is -0.134. The summed E-state index contributed by atoms with van der Waals surface area (Å²) in [6, 6.07) is 6.22. The Morgan fingerprint density at radius 1 is 1.09 bits per heavy atom. The van der Waals surface area contributed by atoms with Gasteiger partial charge in [-0.05, 0) is 33.4 Å². The van der Waals surface area contributed by atoms with E-state index in [1.54, 1.807) is 6.20 Å². The van der Waals surface area contributed by atoms with Gasteiger partial charge in [0.2, 0.25) is 0 Å². The number of hydrogen-bond donors (Lipinski definition) is 2. The van der Waals surface area contributed by atoms with Gasteiger partial charge < -0.3 is 5.32 Å². The zero-order valence-electron chi connectivity index (χ0n) is 14.7. The average molecular weight is 311 g/mol. The molecule has 1 amide bonds. The fourth-order valence-corrected chi connectivity index (χ4v) is 3.85. The van der Waals surface area contributed by atoms with Gasteiger partial charge in [0.25, 0.3) is 5.91 Å². The molecule has 0 aliphatic heterocycles. The normalized spacial score (nSPS) is 20.1. The van der Waals surface area contributed by atoms with Crippen molar-refractivity contribution in [3.8, 4) is 0 Å². The van der Waals surface area contributed by atoms with E-state index < -0.39 is 0 Å². The molecule has 1 aliphatic rings. The van der Waals surface area contributed by atoms with Crippen LogP contribution in [0, 0.1) is 5.41 Å². The number of aromatic nitrogens is 2. The average Bonchev–Trinajstić information content (AvgIpc) is 3.03. The van der Waals surface area contributed by atoms with Gasteiger partial charge in [-0.1, -0.05) is 53.7 Å². The molecule has 4 heteroatoms. The molecule has 2 N–H and O–H groups in total. The van der Waals surface area contributed by atoms with Gasteiger partial charge in [0.05, 0.1) is 11.8 Å². The summed E-state index contributed by atoms with van der Waals surface area (Å²) < 4.78 is 0. The zero-order valence-corrected chi connectivity index (χ0v) is 14.7. The van der Waals surface area contributed by atoms with Crippen LogP contribution in [0.2, 0.25) is 0 Å². The molecule has 0 atom stereocenters. The van der Waals surface area contributed by atoms with Crippen LogP contribution in [0.1, 0.15) is 63.0 Å². The van der Waals surface area contributed by atoms with Crippen LogP contribution in [0.25, 0.3) is 0 Å². The number of aromatic amines is 1. The molecule has 1 aromatic heterocycles. The number of carbonyl (C=O) groups excluding carboxylic acids is 1. The van der Waals surface area contributed by atoms with Gasteiger partial charge in [0.15, 0.2) is 0 Å². The molecule has 0 fully saturated rings. The predicted molar refractivity (Wildman–Crippen MR) is 92.8 cm³/mol. The summed E-state index contributed by atoms with van der Waals surface area (Å²) >= 11 is 0. The molecule has 0 saturated heterocycles. The van der Waals surface area contributed by atoms with Crippen molar-refractivity contribution < 1.29 is 4.79 Å². The minimum absolute atomic E-state index is 0.0300. The van der Waals surface area contributed by atoms with Crippen LogP contribution in [0.5, 0.6) is 0 Å². The lowest BCUT2D eigenvalue weighted by Gasteiger charge is -2.44. The van der Waals surface area contributed by atoms with E-state index in [1.165, 1.54) is 17.3 Å². The molecule has 2 aromatic rings. The molecule has 122 valence electrons. The monoisotopic (exact) mass is 311 g/mol.